The number of aromatic carboxylic acids is 1. The average molecular weight is 223 g/mol. The van der Waals surface area contributed by atoms with E-state index < -0.39 is 5.97 Å². The monoisotopic (exact) mass is 223 g/mol. The predicted octanol–water partition coefficient (Wildman–Crippen LogP) is 2.26. The lowest BCUT2D eigenvalue weighted by molar-refractivity contribution is 0.0660. The third kappa shape index (κ3) is 2.44. The number of carboxylic acid groups (broad SMARTS) is 1. The van der Waals surface area contributed by atoms with E-state index in [0.29, 0.717) is 12.6 Å². The maximum Gasteiger partial charge on any atom is 0.372 e. The second kappa shape index (κ2) is 4.70. The molecule has 0 aliphatic heterocycles. The topological polar surface area (TPSA) is 62.5 Å². The van der Waals surface area contributed by atoms with Gasteiger partial charge in [-0.05, 0) is 31.2 Å². The van der Waals surface area contributed by atoms with E-state index >= 15 is 0 Å². The van der Waals surface area contributed by atoms with Crippen molar-refractivity contribution in [2.24, 2.45) is 5.92 Å². The molecule has 0 saturated heterocycles. The maximum absolute atomic E-state index is 10.8. The minimum atomic E-state index is -0.999. The summed E-state index contributed by atoms with van der Waals surface area (Å²) in [6.07, 6.45) is 5.05. The van der Waals surface area contributed by atoms with Crippen molar-refractivity contribution in [3.8, 4) is 0 Å². The number of carbonyl (C=O) groups is 1. The molecule has 16 heavy (non-hydrogen) atoms. The minimum Gasteiger partial charge on any atom is -0.475 e. The molecule has 0 bridgehead atoms. The van der Waals surface area contributed by atoms with Crippen LogP contribution in [0.3, 0.4) is 0 Å². The van der Waals surface area contributed by atoms with Gasteiger partial charge in [0.05, 0.1) is 6.26 Å². The van der Waals surface area contributed by atoms with Gasteiger partial charge in [-0.15, -0.1) is 0 Å². The number of nitrogens with one attached hydrogen (secondary N) is 1. The molecule has 0 spiro atoms. The number of hydrogen-bond acceptors (Lipinski definition) is 3. The van der Waals surface area contributed by atoms with Crippen molar-refractivity contribution in [3.63, 3.8) is 0 Å². The first-order valence-electron chi connectivity index (χ1n) is 5.70. The Morgan fingerprint density at radius 3 is 3.06 bits per heavy atom. The fourth-order valence-electron chi connectivity index (χ4n) is 2.31. The fourth-order valence-corrected chi connectivity index (χ4v) is 2.31. The third-order valence-corrected chi connectivity index (χ3v) is 3.22. The molecule has 2 unspecified atom stereocenters. The van der Waals surface area contributed by atoms with Crippen molar-refractivity contribution in [2.75, 3.05) is 0 Å². The molecule has 4 nitrogen and oxygen atoms in total. The largest absolute Gasteiger partial charge is 0.475 e. The Balaban J connectivity index is 1.89. The van der Waals surface area contributed by atoms with Crippen molar-refractivity contribution >= 4 is 5.97 Å². The summed E-state index contributed by atoms with van der Waals surface area (Å²) in [7, 11) is 0. The van der Waals surface area contributed by atoms with Crippen LogP contribution >= 0.6 is 0 Å². The first-order chi connectivity index (χ1) is 7.66. The molecule has 1 aromatic heterocycles. The number of carboxylic acids is 1. The predicted molar refractivity (Wildman–Crippen MR) is 59.3 cm³/mol. The lowest BCUT2D eigenvalue weighted by Crippen LogP contribution is -2.26. The molecule has 1 aliphatic carbocycles. The van der Waals surface area contributed by atoms with Crippen LogP contribution in [0.2, 0.25) is 0 Å². The van der Waals surface area contributed by atoms with E-state index in [1.807, 2.05) is 0 Å². The molecule has 0 aromatic carbocycles. The van der Waals surface area contributed by atoms with E-state index in [9.17, 15) is 4.79 Å². The average Bonchev–Trinajstić information content (AvgIpc) is 2.83. The summed E-state index contributed by atoms with van der Waals surface area (Å²) in [5, 5.41) is 12.3. The molecule has 1 aromatic rings. The summed E-state index contributed by atoms with van der Waals surface area (Å²) < 4.78 is 4.92. The highest BCUT2D eigenvalue weighted by Crippen LogP contribution is 2.25. The van der Waals surface area contributed by atoms with E-state index in [1.54, 1.807) is 6.07 Å². The molecule has 0 amide bonds. The van der Waals surface area contributed by atoms with Crippen LogP contribution in [0.4, 0.5) is 0 Å². The van der Waals surface area contributed by atoms with Crippen molar-refractivity contribution in [1.82, 2.24) is 5.32 Å². The second-order valence-corrected chi connectivity index (χ2v) is 4.58. The van der Waals surface area contributed by atoms with Crippen LogP contribution in [0.1, 0.15) is 42.3 Å². The summed E-state index contributed by atoms with van der Waals surface area (Å²) in [5.41, 5.74) is 0.729. The highest BCUT2D eigenvalue weighted by atomic mass is 16.4. The van der Waals surface area contributed by atoms with Crippen LogP contribution in [-0.4, -0.2) is 17.1 Å². The van der Waals surface area contributed by atoms with E-state index in [1.165, 1.54) is 25.5 Å². The van der Waals surface area contributed by atoms with Gasteiger partial charge in [0.25, 0.3) is 0 Å². The summed E-state index contributed by atoms with van der Waals surface area (Å²) in [5.74, 6) is -0.166. The second-order valence-electron chi connectivity index (χ2n) is 4.58. The Hall–Kier alpha value is -1.29. The van der Waals surface area contributed by atoms with E-state index in [-0.39, 0.29) is 5.76 Å². The van der Waals surface area contributed by atoms with Gasteiger partial charge >= 0.3 is 5.97 Å². The van der Waals surface area contributed by atoms with Gasteiger partial charge in [0.15, 0.2) is 0 Å². The number of furan rings is 1. The molecule has 1 heterocycles. The molecule has 4 heteroatoms. The van der Waals surface area contributed by atoms with Gasteiger partial charge in [-0.2, -0.15) is 0 Å². The van der Waals surface area contributed by atoms with Gasteiger partial charge in [0.2, 0.25) is 5.76 Å². The molecule has 1 saturated carbocycles. The zero-order chi connectivity index (χ0) is 11.5. The minimum absolute atomic E-state index is 0.0542. The zero-order valence-corrected chi connectivity index (χ0v) is 9.40. The highest BCUT2D eigenvalue weighted by Gasteiger charge is 2.21. The molecular formula is C12H17NO3. The summed E-state index contributed by atoms with van der Waals surface area (Å²) in [6, 6.07) is 2.24. The van der Waals surface area contributed by atoms with E-state index in [0.717, 1.165) is 11.5 Å². The van der Waals surface area contributed by atoms with Gasteiger partial charge < -0.3 is 14.8 Å². The van der Waals surface area contributed by atoms with E-state index in [4.69, 9.17) is 9.52 Å². The van der Waals surface area contributed by atoms with Crippen molar-refractivity contribution in [1.29, 1.82) is 0 Å². The highest BCUT2D eigenvalue weighted by molar-refractivity contribution is 5.86. The molecule has 0 radical (unpaired) electrons. The zero-order valence-electron chi connectivity index (χ0n) is 9.40. The molecule has 1 fully saturated rings. The maximum atomic E-state index is 10.8. The van der Waals surface area contributed by atoms with Gasteiger partial charge in [0.1, 0.15) is 0 Å². The Kier molecular flexibility index (Phi) is 3.29. The standard InChI is InChI=1S/C12H17NO3/c1-8-2-3-10(6-8)13-7-9-4-5-16-11(9)12(14)15/h4-5,8,10,13H,2-3,6-7H2,1H3,(H,14,15). The van der Waals surface area contributed by atoms with Crippen molar-refractivity contribution in [2.45, 2.75) is 38.8 Å². The summed E-state index contributed by atoms with van der Waals surface area (Å²) in [4.78, 5) is 10.8. The van der Waals surface area contributed by atoms with Gasteiger partial charge in [0, 0.05) is 18.2 Å². The number of hydrogen-bond donors (Lipinski definition) is 2. The molecule has 2 atom stereocenters. The SMILES string of the molecule is CC1CCC(NCc2ccoc2C(=O)O)C1. The van der Waals surface area contributed by atoms with Crippen LogP contribution in [0.15, 0.2) is 16.7 Å². The smallest absolute Gasteiger partial charge is 0.372 e. The molecule has 1 aliphatic rings. The summed E-state index contributed by atoms with van der Waals surface area (Å²) in [6.45, 7) is 2.83. The van der Waals surface area contributed by atoms with Crippen molar-refractivity contribution in [3.05, 3.63) is 23.7 Å². The Bertz CT molecular complexity index is 372. The molecule has 88 valence electrons. The first kappa shape index (κ1) is 11.2. The lowest BCUT2D eigenvalue weighted by atomic mass is 10.1. The third-order valence-electron chi connectivity index (χ3n) is 3.22. The Morgan fingerprint density at radius 2 is 2.44 bits per heavy atom. The van der Waals surface area contributed by atoms with Gasteiger partial charge in [-0.25, -0.2) is 4.79 Å². The van der Waals surface area contributed by atoms with Gasteiger partial charge in [-0.1, -0.05) is 6.92 Å². The molecule has 2 N–H and O–H groups in total. The van der Waals surface area contributed by atoms with Crippen LogP contribution < -0.4 is 5.32 Å². The Labute approximate surface area is 94.6 Å². The fraction of sp³-hybridized carbons (Fsp3) is 0.583. The van der Waals surface area contributed by atoms with Crippen molar-refractivity contribution < 1.29 is 14.3 Å². The van der Waals surface area contributed by atoms with Crippen LogP contribution in [0.25, 0.3) is 0 Å². The van der Waals surface area contributed by atoms with E-state index in [2.05, 4.69) is 12.2 Å². The van der Waals surface area contributed by atoms with Crippen LogP contribution in [-0.2, 0) is 6.54 Å². The van der Waals surface area contributed by atoms with Crippen LogP contribution in [0, 0.1) is 5.92 Å². The quantitative estimate of drug-likeness (QED) is 0.821. The molecule has 2 rings (SSSR count). The van der Waals surface area contributed by atoms with Crippen LogP contribution in [0.5, 0.6) is 0 Å². The normalized spacial score (nSPS) is 24.8. The summed E-state index contributed by atoms with van der Waals surface area (Å²) >= 11 is 0. The van der Waals surface area contributed by atoms with Gasteiger partial charge in [-0.3, -0.25) is 0 Å². The first-order valence-corrected chi connectivity index (χ1v) is 5.70. The lowest BCUT2D eigenvalue weighted by Gasteiger charge is -2.11. The molecular weight excluding hydrogens is 206 g/mol. The Morgan fingerprint density at radius 1 is 1.62 bits per heavy atom. The number of rotatable bonds is 4.